The topological polar surface area (TPSA) is 55.5 Å². The van der Waals surface area contributed by atoms with Crippen LogP contribution < -0.4 is 10.5 Å². The second-order valence-corrected chi connectivity index (χ2v) is 4.37. The molecule has 1 aromatic carbocycles. The van der Waals surface area contributed by atoms with Crippen LogP contribution in [0.4, 0.5) is 4.39 Å². The molecular formula is C12H16FNO2. The zero-order chi connectivity index (χ0) is 11.8. The van der Waals surface area contributed by atoms with Crippen molar-refractivity contribution >= 4 is 0 Å². The SMILES string of the molecule is COc1cc(O)cc(F)c1C1(N)CCCC1. The first-order valence-electron chi connectivity index (χ1n) is 5.43. The summed E-state index contributed by atoms with van der Waals surface area (Å²) in [4.78, 5) is 0. The summed E-state index contributed by atoms with van der Waals surface area (Å²) in [6.45, 7) is 0. The molecule has 0 saturated heterocycles. The number of halogens is 1. The van der Waals surface area contributed by atoms with Crippen molar-refractivity contribution in [1.29, 1.82) is 0 Å². The van der Waals surface area contributed by atoms with Crippen molar-refractivity contribution < 1.29 is 14.2 Å². The van der Waals surface area contributed by atoms with Gasteiger partial charge in [-0.15, -0.1) is 0 Å². The molecule has 0 spiro atoms. The third kappa shape index (κ3) is 1.73. The summed E-state index contributed by atoms with van der Waals surface area (Å²) in [7, 11) is 1.45. The molecule has 0 atom stereocenters. The van der Waals surface area contributed by atoms with Gasteiger partial charge in [0.15, 0.2) is 0 Å². The van der Waals surface area contributed by atoms with Crippen LogP contribution in [0.5, 0.6) is 11.5 Å². The number of benzene rings is 1. The molecule has 0 radical (unpaired) electrons. The molecule has 0 unspecified atom stereocenters. The predicted octanol–water partition coefficient (Wildman–Crippen LogP) is 2.27. The van der Waals surface area contributed by atoms with Gasteiger partial charge in [0.1, 0.15) is 17.3 Å². The van der Waals surface area contributed by atoms with Crippen molar-refractivity contribution in [2.45, 2.75) is 31.2 Å². The summed E-state index contributed by atoms with van der Waals surface area (Å²) in [5, 5.41) is 9.32. The number of nitrogens with two attached hydrogens (primary N) is 1. The molecule has 88 valence electrons. The van der Waals surface area contributed by atoms with Crippen LogP contribution >= 0.6 is 0 Å². The predicted molar refractivity (Wildman–Crippen MR) is 59.0 cm³/mol. The molecule has 2 rings (SSSR count). The fourth-order valence-corrected chi connectivity index (χ4v) is 2.47. The van der Waals surface area contributed by atoms with Gasteiger partial charge in [0.25, 0.3) is 0 Å². The average molecular weight is 225 g/mol. The summed E-state index contributed by atoms with van der Waals surface area (Å²) in [5.41, 5.74) is 5.95. The van der Waals surface area contributed by atoms with Gasteiger partial charge in [0, 0.05) is 23.2 Å². The highest BCUT2D eigenvalue weighted by atomic mass is 19.1. The quantitative estimate of drug-likeness (QED) is 0.811. The Morgan fingerprint density at radius 2 is 2.00 bits per heavy atom. The molecule has 1 aromatic rings. The van der Waals surface area contributed by atoms with Crippen LogP contribution in [0.1, 0.15) is 31.2 Å². The molecule has 0 heterocycles. The first kappa shape index (κ1) is 11.2. The van der Waals surface area contributed by atoms with Crippen LogP contribution in [0.25, 0.3) is 0 Å². The summed E-state index contributed by atoms with van der Waals surface area (Å²) in [6, 6.07) is 2.50. The number of hydrogen-bond acceptors (Lipinski definition) is 3. The van der Waals surface area contributed by atoms with Crippen molar-refractivity contribution in [3.63, 3.8) is 0 Å². The minimum atomic E-state index is -0.650. The third-order valence-electron chi connectivity index (χ3n) is 3.25. The third-order valence-corrected chi connectivity index (χ3v) is 3.25. The number of ether oxygens (including phenoxy) is 1. The lowest BCUT2D eigenvalue weighted by molar-refractivity contribution is 0.359. The second kappa shape index (κ2) is 3.94. The van der Waals surface area contributed by atoms with Gasteiger partial charge in [0.2, 0.25) is 0 Å². The average Bonchev–Trinajstić information content (AvgIpc) is 2.64. The Morgan fingerprint density at radius 1 is 1.38 bits per heavy atom. The van der Waals surface area contributed by atoms with Crippen LogP contribution in [-0.4, -0.2) is 12.2 Å². The molecule has 0 aromatic heterocycles. The highest BCUT2D eigenvalue weighted by Gasteiger charge is 2.36. The van der Waals surface area contributed by atoms with Gasteiger partial charge in [-0.1, -0.05) is 12.8 Å². The number of hydrogen-bond donors (Lipinski definition) is 2. The molecule has 0 amide bonds. The zero-order valence-corrected chi connectivity index (χ0v) is 9.29. The number of aromatic hydroxyl groups is 1. The highest BCUT2D eigenvalue weighted by molar-refractivity contribution is 5.45. The summed E-state index contributed by atoms with van der Waals surface area (Å²) in [5.74, 6) is -0.289. The zero-order valence-electron chi connectivity index (χ0n) is 9.29. The molecule has 1 saturated carbocycles. The van der Waals surface area contributed by atoms with Crippen molar-refractivity contribution in [3.8, 4) is 11.5 Å². The number of phenols is 1. The van der Waals surface area contributed by atoms with E-state index in [0.29, 0.717) is 11.3 Å². The molecule has 0 aliphatic heterocycles. The second-order valence-electron chi connectivity index (χ2n) is 4.37. The molecule has 3 nitrogen and oxygen atoms in total. The number of phenolic OH excluding ortho intramolecular Hbond substituents is 1. The normalized spacial score (nSPS) is 18.7. The van der Waals surface area contributed by atoms with Crippen LogP contribution in [0, 0.1) is 5.82 Å². The maximum Gasteiger partial charge on any atom is 0.135 e. The molecule has 16 heavy (non-hydrogen) atoms. The summed E-state index contributed by atoms with van der Waals surface area (Å²) >= 11 is 0. The number of methoxy groups -OCH3 is 1. The van der Waals surface area contributed by atoms with E-state index in [1.807, 2.05) is 0 Å². The van der Waals surface area contributed by atoms with Crippen molar-refractivity contribution in [1.82, 2.24) is 0 Å². The lowest BCUT2D eigenvalue weighted by Crippen LogP contribution is -2.34. The van der Waals surface area contributed by atoms with Crippen molar-refractivity contribution in [2.75, 3.05) is 7.11 Å². The maximum atomic E-state index is 13.9. The van der Waals surface area contributed by atoms with E-state index >= 15 is 0 Å². The standard InChI is InChI=1S/C12H16FNO2/c1-16-10-7-8(15)6-9(13)11(10)12(14)4-2-3-5-12/h6-7,15H,2-5,14H2,1H3. The van der Waals surface area contributed by atoms with Crippen LogP contribution in [0.15, 0.2) is 12.1 Å². The smallest absolute Gasteiger partial charge is 0.135 e. The Labute approximate surface area is 94.0 Å². The van der Waals surface area contributed by atoms with Crippen LogP contribution in [0.2, 0.25) is 0 Å². The molecule has 4 heteroatoms. The fourth-order valence-electron chi connectivity index (χ4n) is 2.47. The van der Waals surface area contributed by atoms with Crippen molar-refractivity contribution in [3.05, 3.63) is 23.5 Å². The Balaban J connectivity index is 2.54. The van der Waals surface area contributed by atoms with E-state index in [1.165, 1.54) is 13.2 Å². The Morgan fingerprint density at radius 3 is 2.56 bits per heavy atom. The molecule has 0 bridgehead atoms. The van der Waals surface area contributed by atoms with E-state index in [9.17, 15) is 9.50 Å². The molecule has 1 fully saturated rings. The van der Waals surface area contributed by atoms with Gasteiger partial charge in [0.05, 0.1) is 7.11 Å². The Bertz CT molecular complexity index is 400. The van der Waals surface area contributed by atoms with Gasteiger partial charge in [-0.3, -0.25) is 0 Å². The molecular weight excluding hydrogens is 209 g/mol. The van der Waals surface area contributed by atoms with Gasteiger partial charge >= 0.3 is 0 Å². The van der Waals surface area contributed by atoms with E-state index in [2.05, 4.69) is 0 Å². The van der Waals surface area contributed by atoms with E-state index in [4.69, 9.17) is 10.5 Å². The summed E-state index contributed by atoms with van der Waals surface area (Å²) in [6.07, 6.45) is 3.51. The van der Waals surface area contributed by atoms with E-state index < -0.39 is 11.4 Å². The first-order chi connectivity index (χ1) is 7.57. The first-order valence-corrected chi connectivity index (χ1v) is 5.43. The fraction of sp³-hybridized carbons (Fsp3) is 0.500. The van der Waals surface area contributed by atoms with Crippen molar-refractivity contribution in [2.24, 2.45) is 5.73 Å². The van der Waals surface area contributed by atoms with E-state index in [0.717, 1.165) is 31.7 Å². The van der Waals surface area contributed by atoms with E-state index in [-0.39, 0.29) is 5.75 Å². The highest BCUT2D eigenvalue weighted by Crippen LogP contribution is 2.43. The minimum Gasteiger partial charge on any atom is -0.508 e. The Kier molecular flexibility index (Phi) is 2.76. The Hall–Kier alpha value is -1.29. The maximum absolute atomic E-state index is 13.9. The molecule has 1 aliphatic rings. The van der Waals surface area contributed by atoms with Gasteiger partial charge in [-0.2, -0.15) is 0 Å². The van der Waals surface area contributed by atoms with Crippen LogP contribution in [-0.2, 0) is 5.54 Å². The van der Waals surface area contributed by atoms with Gasteiger partial charge in [-0.25, -0.2) is 4.39 Å². The minimum absolute atomic E-state index is 0.139. The lowest BCUT2D eigenvalue weighted by Gasteiger charge is -2.26. The lowest BCUT2D eigenvalue weighted by atomic mass is 9.88. The van der Waals surface area contributed by atoms with Gasteiger partial charge < -0.3 is 15.6 Å². The monoisotopic (exact) mass is 225 g/mol. The largest absolute Gasteiger partial charge is 0.508 e. The van der Waals surface area contributed by atoms with Crippen LogP contribution in [0.3, 0.4) is 0 Å². The molecule has 1 aliphatic carbocycles. The van der Waals surface area contributed by atoms with E-state index in [1.54, 1.807) is 0 Å². The molecule has 3 N–H and O–H groups in total. The summed E-state index contributed by atoms with van der Waals surface area (Å²) < 4.78 is 19.0. The van der Waals surface area contributed by atoms with Gasteiger partial charge in [-0.05, 0) is 12.8 Å². The number of rotatable bonds is 2.